The monoisotopic (exact) mass is 298 g/mol. The molecule has 0 aliphatic rings. The number of hydrogen-bond donors (Lipinski definition) is 0. The number of ether oxygens (including phenoxy) is 2. The van der Waals surface area contributed by atoms with Gasteiger partial charge in [0.05, 0.1) is 0 Å². The Morgan fingerprint density at radius 2 is 1.59 bits per heavy atom. The minimum Gasteiger partial charge on any atom is -0.465 e. The van der Waals surface area contributed by atoms with Crippen molar-refractivity contribution >= 4 is 0 Å². The van der Waals surface area contributed by atoms with Crippen LogP contribution in [0.3, 0.4) is 0 Å². The van der Waals surface area contributed by atoms with E-state index in [0.29, 0.717) is 0 Å². The van der Waals surface area contributed by atoms with Gasteiger partial charge in [0.25, 0.3) is 0 Å². The Balaban J connectivity index is 2.02. The topological polar surface area (TPSA) is 18.5 Å². The summed E-state index contributed by atoms with van der Waals surface area (Å²) in [4.78, 5) is 0. The summed E-state index contributed by atoms with van der Waals surface area (Å²) in [6, 6.07) is 18.6. The lowest BCUT2D eigenvalue weighted by atomic mass is 9.82. The summed E-state index contributed by atoms with van der Waals surface area (Å²) in [5, 5.41) is 0. The summed E-state index contributed by atoms with van der Waals surface area (Å²) < 4.78 is 11.4. The molecule has 0 bridgehead atoms. The summed E-state index contributed by atoms with van der Waals surface area (Å²) >= 11 is 0. The quantitative estimate of drug-likeness (QED) is 0.672. The van der Waals surface area contributed by atoms with Crippen molar-refractivity contribution in [3.05, 3.63) is 65.7 Å². The Bertz CT molecular complexity index is 558. The minimum absolute atomic E-state index is 0.198. The van der Waals surface area contributed by atoms with Crippen LogP contribution in [0.25, 0.3) is 0 Å². The molecule has 1 unspecified atom stereocenters. The highest BCUT2D eigenvalue weighted by Crippen LogP contribution is 2.28. The first-order valence-corrected chi connectivity index (χ1v) is 7.89. The number of rotatable bonds is 7. The van der Waals surface area contributed by atoms with Crippen LogP contribution in [0.15, 0.2) is 54.6 Å². The highest BCUT2D eigenvalue weighted by molar-refractivity contribution is 5.31. The van der Waals surface area contributed by atoms with E-state index in [4.69, 9.17) is 9.47 Å². The second-order valence-electron chi connectivity index (χ2n) is 6.23. The molecule has 0 radical (unpaired) electrons. The predicted molar refractivity (Wildman–Crippen MR) is 91.3 cm³/mol. The van der Waals surface area contributed by atoms with Crippen molar-refractivity contribution in [3.63, 3.8) is 0 Å². The van der Waals surface area contributed by atoms with Gasteiger partial charge in [-0.05, 0) is 35.1 Å². The number of methoxy groups -OCH3 is 1. The van der Waals surface area contributed by atoms with Crippen molar-refractivity contribution in [3.8, 4) is 5.75 Å². The molecule has 0 fully saturated rings. The first kappa shape index (κ1) is 16.6. The maximum atomic E-state index is 5.95. The Labute approximate surface area is 134 Å². The third-order valence-corrected chi connectivity index (χ3v) is 4.30. The average Bonchev–Trinajstić information content (AvgIpc) is 2.55. The van der Waals surface area contributed by atoms with Crippen molar-refractivity contribution in [2.24, 2.45) is 0 Å². The lowest BCUT2D eigenvalue weighted by molar-refractivity contribution is -0.0519. The van der Waals surface area contributed by atoms with E-state index in [1.807, 2.05) is 30.3 Å². The smallest absolute Gasteiger partial charge is 0.203 e. The van der Waals surface area contributed by atoms with Gasteiger partial charge >= 0.3 is 0 Å². The van der Waals surface area contributed by atoms with Gasteiger partial charge in [0.2, 0.25) is 6.29 Å². The van der Waals surface area contributed by atoms with Crippen LogP contribution in [-0.4, -0.2) is 13.4 Å². The lowest BCUT2D eigenvalue weighted by Gasteiger charge is -2.24. The third kappa shape index (κ3) is 4.35. The van der Waals surface area contributed by atoms with Crippen LogP contribution < -0.4 is 4.74 Å². The maximum Gasteiger partial charge on any atom is 0.203 e. The second kappa shape index (κ2) is 7.46. The van der Waals surface area contributed by atoms with Gasteiger partial charge in [0.15, 0.2) is 0 Å². The zero-order valence-electron chi connectivity index (χ0n) is 14.0. The molecule has 0 heterocycles. The van der Waals surface area contributed by atoms with E-state index in [-0.39, 0.29) is 11.7 Å². The molecule has 2 aromatic carbocycles. The van der Waals surface area contributed by atoms with Gasteiger partial charge in [-0.15, -0.1) is 0 Å². The molecule has 118 valence electrons. The summed E-state index contributed by atoms with van der Waals surface area (Å²) in [6.45, 7) is 6.73. The molecule has 0 aromatic heterocycles. The molecule has 1 atom stereocenters. The Hall–Kier alpha value is -1.80. The first-order chi connectivity index (χ1) is 10.5. The molecule has 0 saturated heterocycles. The van der Waals surface area contributed by atoms with Crippen LogP contribution in [-0.2, 0) is 16.6 Å². The molecule has 0 aliphatic carbocycles. The van der Waals surface area contributed by atoms with Crippen LogP contribution in [0.5, 0.6) is 5.75 Å². The van der Waals surface area contributed by atoms with Crippen LogP contribution in [0.2, 0.25) is 0 Å². The van der Waals surface area contributed by atoms with Gasteiger partial charge in [0.1, 0.15) is 5.75 Å². The van der Waals surface area contributed by atoms with Crippen molar-refractivity contribution in [1.29, 1.82) is 0 Å². The number of hydrogen-bond acceptors (Lipinski definition) is 2. The van der Waals surface area contributed by atoms with Crippen LogP contribution in [0.1, 0.15) is 38.3 Å². The molecule has 0 aliphatic heterocycles. The van der Waals surface area contributed by atoms with Crippen LogP contribution in [0, 0.1) is 0 Å². The summed E-state index contributed by atoms with van der Waals surface area (Å²) in [5.41, 5.74) is 2.74. The standard InChI is InChI=1S/C20H26O2/c1-5-20(2,3)17-11-13-18(14-12-17)22-19(21-4)15-16-9-7-6-8-10-16/h6-14,19H,5,15H2,1-4H3. The van der Waals surface area contributed by atoms with Crippen molar-refractivity contribution in [2.75, 3.05) is 7.11 Å². The van der Waals surface area contributed by atoms with Crippen LogP contribution in [0.4, 0.5) is 0 Å². The Morgan fingerprint density at radius 1 is 0.955 bits per heavy atom. The first-order valence-electron chi connectivity index (χ1n) is 7.89. The maximum absolute atomic E-state index is 5.95. The van der Waals surface area contributed by atoms with E-state index in [1.54, 1.807) is 7.11 Å². The average molecular weight is 298 g/mol. The van der Waals surface area contributed by atoms with E-state index < -0.39 is 0 Å². The molecule has 22 heavy (non-hydrogen) atoms. The van der Waals surface area contributed by atoms with Gasteiger partial charge in [-0.3, -0.25) is 0 Å². The zero-order chi connectivity index (χ0) is 16.0. The Morgan fingerprint density at radius 3 is 2.14 bits per heavy atom. The normalized spacial score (nSPS) is 12.9. The van der Waals surface area contributed by atoms with Crippen molar-refractivity contribution < 1.29 is 9.47 Å². The highest BCUT2D eigenvalue weighted by atomic mass is 16.7. The SMILES string of the molecule is CCC(C)(C)c1ccc(OC(Cc2ccccc2)OC)cc1. The Kier molecular flexibility index (Phi) is 5.62. The van der Waals surface area contributed by atoms with Gasteiger partial charge in [-0.2, -0.15) is 0 Å². The fraction of sp³-hybridized carbons (Fsp3) is 0.400. The second-order valence-corrected chi connectivity index (χ2v) is 6.23. The van der Waals surface area contributed by atoms with Gasteiger partial charge in [-0.1, -0.05) is 63.2 Å². The highest BCUT2D eigenvalue weighted by Gasteiger charge is 2.18. The van der Waals surface area contributed by atoms with E-state index in [0.717, 1.165) is 18.6 Å². The van der Waals surface area contributed by atoms with Gasteiger partial charge in [0, 0.05) is 13.5 Å². The number of benzene rings is 2. The molecule has 0 N–H and O–H groups in total. The molecule has 0 saturated carbocycles. The van der Waals surface area contributed by atoms with E-state index in [1.165, 1.54) is 11.1 Å². The van der Waals surface area contributed by atoms with Crippen LogP contribution >= 0.6 is 0 Å². The summed E-state index contributed by atoms with van der Waals surface area (Å²) in [5.74, 6) is 0.846. The molecule has 2 aromatic rings. The molecule has 0 amide bonds. The van der Waals surface area contributed by atoms with Gasteiger partial charge in [-0.25, -0.2) is 0 Å². The third-order valence-electron chi connectivity index (χ3n) is 4.30. The van der Waals surface area contributed by atoms with Crippen molar-refractivity contribution in [1.82, 2.24) is 0 Å². The lowest BCUT2D eigenvalue weighted by Crippen LogP contribution is -2.22. The molecule has 2 heteroatoms. The molecule has 2 nitrogen and oxygen atoms in total. The fourth-order valence-corrected chi connectivity index (χ4v) is 2.32. The fourth-order valence-electron chi connectivity index (χ4n) is 2.32. The zero-order valence-corrected chi connectivity index (χ0v) is 14.0. The molecule has 0 spiro atoms. The van der Waals surface area contributed by atoms with E-state index >= 15 is 0 Å². The molecular weight excluding hydrogens is 272 g/mol. The van der Waals surface area contributed by atoms with Crippen molar-refractivity contribution in [2.45, 2.75) is 45.3 Å². The van der Waals surface area contributed by atoms with Gasteiger partial charge < -0.3 is 9.47 Å². The largest absolute Gasteiger partial charge is 0.465 e. The predicted octanol–water partition coefficient (Wildman–Crippen LogP) is 4.97. The van der Waals surface area contributed by atoms with E-state index in [2.05, 4.69) is 45.0 Å². The minimum atomic E-state index is -0.271. The molecule has 2 rings (SSSR count). The molecular formula is C20H26O2. The van der Waals surface area contributed by atoms with E-state index in [9.17, 15) is 0 Å². The summed E-state index contributed by atoms with van der Waals surface area (Å²) in [7, 11) is 1.68. The summed E-state index contributed by atoms with van der Waals surface area (Å²) in [6.07, 6.45) is 1.58.